The number of nitrogens with one attached hydrogen (secondary N) is 2. The van der Waals surface area contributed by atoms with E-state index in [0.29, 0.717) is 0 Å². The Hall–Kier alpha value is -1.48. The smallest absolute Gasteiger partial charge is 0.237 e. The number of piperazine rings is 2. The third kappa shape index (κ3) is 6.53. The number of nitrogens with zero attached hydrogens (tertiary/aromatic N) is 4. The average molecular weight is 447 g/mol. The summed E-state index contributed by atoms with van der Waals surface area (Å²) in [6, 6.07) is 0.163. The Morgan fingerprint density at radius 3 is 1.44 bits per heavy atom. The fourth-order valence-electron chi connectivity index (χ4n) is 5.51. The van der Waals surface area contributed by atoms with Gasteiger partial charge >= 0.3 is 0 Å². The van der Waals surface area contributed by atoms with Gasteiger partial charge in [-0.2, -0.15) is 0 Å². The molecule has 0 aromatic heterocycles. The molecule has 2 atom stereocenters. The maximum Gasteiger partial charge on any atom is 0.237 e. The van der Waals surface area contributed by atoms with Gasteiger partial charge in [0.25, 0.3) is 0 Å². The third-order valence-corrected chi connectivity index (χ3v) is 7.60. The monoisotopic (exact) mass is 446 g/mol. The van der Waals surface area contributed by atoms with Gasteiger partial charge in [-0.15, -0.1) is 0 Å². The van der Waals surface area contributed by atoms with Crippen LogP contribution in [-0.2, 0) is 9.59 Å². The van der Waals surface area contributed by atoms with Crippen LogP contribution < -0.4 is 10.6 Å². The van der Waals surface area contributed by atoms with Crippen molar-refractivity contribution in [1.82, 2.24) is 30.2 Å². The molecule has 4 aliphatic rings. The molecule has 8 heteroatoms. The fraction of sp³-hybridized carbons (Fsp3) is 0.833. The van der Waals surface area contributed by atoms with Gasteiger partial charge in [0.2, 0.25) is 11.8 Å². The second-order valence-corrected chi connectivity index (χ2v) is 9.75. The number of hydrogen-bond acceptors (Lipinski definition) is 6. The summed E-state index contributed by atoms with van der Waals surface area (Å²) in [5.74, 6) is 0.464. The van der Waals surface area contributed by atoms with Crippen LogP contribution >= 0.6 is 0 Å². The molecule has 180 valence electrons. The lowest BCUT2D eigenvalue weighted by atomic mass is 10.1. The van der Waals surface area contributed by atoms with Gasteiger partial charge in [0.15, 0.2) is 0 Å². The largest absolute Gasteiger partial charge is 0.355 e. The number of amides is 2. The lowest BCUT2D eigenvalue weighted by Crippen LogP contribution is -2.54. The molecule has 4 fully saturated rings. The molecule has 2 amide bonds. The number of carbonyl (C=O) groups excluding carboxylic acids is 2. The van der Waals surface area contributed by atoms with Gasteiger partial charge in [0.1, 0.15) is 0 Å². The molecule has 2 unspecified atom stereocenters. The van der Waals surface area contributed by atoms with Crippen molar-refractivity contribution in [2.75, 3.05) is 78.5 Å². The molecule has 0 aromatic rings. The van der Waals surface area contributed by atoms with E-state index in [-0.39, 0.29) is 23.9 Å². The molecule has 8 nitrogen and oxygen atoms in total. The zero-order chi connectivity index (χ0) is 22.2. The van der Waals surface area contributed by atoms with Crippen LogP contribution in [0.15, 0.2) is 12.2 Å². The van der Waals surface area contributed by atoms with E-state index in [9.17, 15) is 9.59 Å². The zero-order valence-corrected chi connectivity index (χ0v) is 19.6. The Balaban J connectivity index is 1.11. The highest BCUT2D eigenvalue weighted by atomic mass is 16.2. The lowest BCUT2D eigenvalue weighted by Gasteiger charge is -2.38. The molecule has 4 heterocycles. The first kappa shape index (κ1) is 23.7. The molecule has 0 spiro atoms. The lowest BCUT2D eigenvalue weighted by molar-refractivity contribution is -0.127. The predicted octanol–water partition coefficient (Wildman–Crippen LogP) is 0.115. The van der Waals surface area contributed by atoms with Crippen molar-refractivity contribution < 1.29 is 9.59 Å². The normalized spacial score (nSPS) is 30.6. The quantitative estimate of drug-likeness (QED) is 0.565. The predicted molar refractivity (Wildman–Crippen MR) is 126 cm³/mol. The zero-order valence-electron chi connectivity index (χ0n) is 19.6. The highest BCUT2D eigenvalue weighted by Gasteiger charge is 2.30. The van der Waals surface area contributed by atoms with E-state index in [1.807, 2.05) is 0 Å². The van der Waals surface area contributed by atoms with Gasteiger partial charge in [0, 0.05) is 78.5 Å². The summed E-state index contributed by atoms with van der Waals surface area (Å²) >= 11 is 0. The Morgan fingerprint density at radius 1 is 0.625 bits per heavy atom. The molecular formula is C24H42N6O2. The summed E-state index contributed by atoms with van der Waals surface area (Å²) in [6.45, 7) is 11.8. The minimum absolute atomic E-state index is 0.0814. The Kier molecular flexibility index (Phi) is 8.96. The van der Waals surface area contributed by atoms with Crippen molar-refractivity contribution in [2.24, 2.45) is 0 Å². The van der Waals surface area contributed by atoms with Crippen molar-refractivity contribution in [3.63, 3.8) is 0 Å². The summed E-state index contributed by atoms with van der Waals surface area (Å²) in [5.41, 5.74) is 0. The van der Waals surface area contributed by atoms with Gasteiger partial charge in [-0.3, -0.25) is 29.2 Å². The van der Waals surface area contributed by atoms with E-state index in [1.165, 1.54) is 0 Å². The Bertz CT molecular complexity index is 586. The van der Waals surface area contributed by atoms with Crippen molar-refractivity contribution in [2.45, 2.75) is 50.6 Å². The Morgan fingerprint density at radius 2 is 1.03 bits per heavy atom. The van der Waals surface area contributed by atoms with Crippen molar-refractivity contribution in [1.29, 1.82) is 0 Å². The summed E-state index contributed by atoms with van der Waals surface area (Å²) in [7, 11) is 0. The third-order valence-electron chi connectivity index (χ3n) is 7.60. The van der Waals surface area contributed by atoms with Gasteiger partial charge in [0.05, 0.1) is 12.1 Å². The van der Waals surface area contributed by atoms with E-state index in [0.717, 1.165) is 117 Å². The molecular weight excluding hydrogens is 404 g/mol. The first-order valence-electron chi connectivity index (χ1n) is 12.8. The Labute approximate surface area is 193 Å². The fourth-order valence-corrected chi connectivity index (χ4v) is 5.51. The first-order chi connectivity index (χ1) is 15.7. The van der Waals surface area contributed by atoms with Gasteiger partial charge in [-0.05, 0) is 38.5 Å². The molecule has 0 aliphatic carbocycles. The van der Waals surface area contributed by atoms with Crippen molar-refractivity contribution >= 4 is 11.8 Å². The molecule has 32 heavy (non-hydrogen) atoms. The number of carbonyl (C=O) groups is 2. The van der Waals surface area contributed by atoms with E-state index < -0.39 is 0 Å². The second kappa shape index (κ2) is 12.1. The summed E-state index contributed by atoms with van der Waals surface area (Å²) in [6.07, 6.45) is 11.1. The molecule has 0 aromatic carbocycles. The molecule has 2 N–H and O–H groups in total. The number of rotatable bonds is 6. The molecule has 0 saturated carbocycles. The van der Waals surface area contributed by atoms with Gasteiger partial charge < -0.3 is 10.6 Å². The van der Waals surface area contributed by atoms with Crippen LogP contribution in [0.5, 0.6) is 0 Å². The van der Waals surface area contributed by atoms with E-state index >= 15 is 0 Å². The van der Waals surface area contributed by atoms with Crippen molar-refractivity contribution in [3.8, 4) is 0 Å². The molecule has 4 rings (SSSR count). The maximum atomic E-state index is 12.3. The van der Waals surface area contributed by atoms with Crippen LogP contribution in [0.4, 0.5) is 0 Å². The van der Waals surface area contributed by atoms with Gasteiger partial charge in [-0.25, -0.2) is 0 Å². The maximum absolute atomic E-state index is 12.3. The minimum Gasteiger partial charge on any atom is -0.355 e. The highest BCUT2D eigenvalue weighted by Crippen LogP contribution is 2.16. The summed E-state index contributed by atoms with van der Waals surface area (Å²) in [4.78, 5) is 34.3. The van der Waals surface area contributed by atoms with Crippen LogP contribution in [0.25, 0.3) is 0 Å². The van der Waals surface area contributed by atoms with E-state index in [1.54, 1.807) is 0 Å². The van der Waals surface area contributed by atoms with E-state index in [4.69, 9.17) is 0 Å². The standard InChI is InChI=1S/C24H42N6O2/c31-23-21(7-1-3-9-25-23)29-17-13-27(14-18-29)11-5-6-12-28-15-19-30(20-16-28)22-8-2-4-10-26-24(22)32/h5-6,21-22H,1-4,7-20H2,(H,25,31)(H,26,32)/b6-5+. The summed E-state index contributed by atoms with van der Waals surface area (Å²) in [5, 5.41) is 6.14. The first-order valence-corrected chi connectivity index (χ1v) is 12.8. The minimum atomic E-state index is 0.0814. The van der Waals surface area contributed by atoms with Gasteiger partial charge in [-0.1, -0.05) is 12.2 Å². The van der Waals surface area contributed by atoms with E-state index in [2.05, 4.69) is 42.4 Å². The van der Waals surface area contributed by atoms with Crippen LogP contribution in [-0.4, -0.2) is 122 Å². The SMILES string of the molecule is O=C1NCCCCC1N1CCN(C/C=C/CN2CCN(C3CCCCNC3=O)CC2)CC1. The van der Waals surface area contributed by atoms with Crippen LogP contribution in [0, 0.1) is 0 Å². The van der Waals surface area contributed by atoms with Crippen LogP contribution in [0.2, 0.25) is 0 Å². The molecule has 0 radical (unpaired) electrons. The molecule has 0 bridgehead atoms. The van der Waals surface area contributed by atoms with Crippen LogP contribution in [0.1, 0.15) is 38.5 Å². The number of hydrogen-bond donors (Lipinski definition) is 2. The average Bonchev–Trinajstić information content (AvgIpc) is 3.17. The van der Waals surface area contributed by atoms with Crippen LogP contribution in [0.3, 0.4) is 0 Å². The summed E-state index contributed by atoms with van der Waals surface area (Å²) < 4.78 is 0. The molecule has 4 aliphatic heterocycles. The highest BCUT2D eigenvalue weighted by molar-refractivity contribution is 5.82. The van der Waals surface area contributed by atoms with Crippen molar-refractivity contribution in [3.05, 3.63) is 12.2 Å². The topological polar surface area (TPSA) is 71.2 Å². The molecule has 4 saturated heterocycles. The second-order valence-electron chi connectivity index (χ2n) is 9.75.